The number of rotatable bonds is 3. The number of hydrogen-bond donors (Lipinski definition) is 1. The van der Waals surface area contributed by atoms with Crippen LogP contribution in [-0.2, 0) is 10.0 Å². The van der Waals surface area contributed by atoms with Crippen LogP contribution in [0.2, 0.25) is 0 Å². The quantitative estimate of drug-likeness (QED) is 0.879. The van der Waals surface area contributed by atoms with Gasteiger partial charge in [0.15, 0.2) is 0 Å². The van der Waals surface area contributed by atoms with E-state index in [-0.39, 0.29) is 10.0 Å². The van der Waals surface area contributed by atoms with Gasteiger partial charge in [0.1, 0.15) is 9.90 Å². The predicted octanol–water partition coefficient (Wildman–Crippen LogP) is 1.24. The van der Waals surface area contributed by atoms with Crippen molar-refractivity contribution in [3.63, 3.8) is 0 Å². The molecular weight excluding hydrogens is 238 g/mol. The number of nitrogens with one attached hydrogen (secondary N) is 1. The summed E-state index contributed by atoms with van der Waals surface area (Å²) in [5.74, 6) is 0.114. The molecule has 0 aliphatic carbocycles. The molecular formula is C7H7N3O3S2. The first-order chi connectivity index (χ1) is 7.09. The van der Waals surface area contributed by atoms with Gasteiger partial charge >= 0.3 is 0 Å². The maximum Gasteiger partial charge on any atom is 0.272 e. The van der Waals surface area contributed by atoms with Crippen LogP contribution < -0.4 is 4.72 Å². The van der Waals surface area contributed by atoms with E-state index >= 15 is 0 Å². The first kappa shape index (κ1) is 10.1. The molecule has 80 valence electrons. The Morgan fingerprint density at radius 2 is 2.27 bits per heavy atom. The van der Waals surface area contributed by atoms with Crippen molar-refractivity contribution in [3.05, 3.63) is 23.2 Å². The Morgan fingerprint density at radius 3 is 2.80 bits per heavy atom. The zero-order valence-corrected chi connectivity index (χ0v) is 9.30. The fourth-order valence-electron chi connectivity index (χ4n) is 0.918. The second kappa shape index (κ2) is 3.63. The van der Waals surface area contributed by atoms with Crippen molar-refractivity contribution in [1.82, 2.24) is 10.3 Å². The Kier molecular flexibility index (Phi) is 2.45. The molecule has 0 aliphatic heterocycles. The monoisotopic (exact) mass is 245 g/mol. The minimum absolute atomic E-state index is 0.114. The highest BCUT2D eigenvalue weighted by molar-refractivity contribution is 7.94. The van der Waals surface area contributed by atoms with Crippen LogP contribution in [0.5, 0.6) is 0 Å². The number of aromatic nitrogens is 2. The summed E-state index contributed by atoms with van der Waals surface area (Å²) >= 11 is 1.13. The normalized spacial score (nSPS) is 11.5. The van der Waals surface area contributed by atoms with E-state index in [4.69, 9.17) is 0 Å². The van der Waals surface area contributed by atoms with E-state index in [0.29, 0.717) is 5.69 Å². The standard InChI is InChI=1S/C7H7N3O3S2/c1-5-7(9-13-8-5)10-15(11,12)6-3-2-4-14-6/h2-4H,1H3,(H,9,10). The highest BCUT2D eigenvalue weighted by Crippen LogP contribution is 2.19. The second-order valence-electron chi connectivity index (χ2n) is 2.74. The topological polar surface area (TPSA) is 85.1 Å². The van der Waals surface area contributed by atoms with Crippen molar-refractivity contribution in [3.8, 4) is 0 Å². The lowest BCUT2D eigenvalue weighted by Gasteiger charge is -2.01. The second-order valence-corrected chi connectivity index (χ2v) is 5.59. The van der Waals surface area contributed by atoms with E-state index < -0.39 is 10.0 Å². The number of anilines is 1. The third-order valence-electron chi connectivity index (χ3n) is 1.64. The summed E-state index contributed by atoms with van der Waals surface area (Å²) in [5, 5.41) is 8.59. The van der Waals surface area contributed by atoms with Crippen molar-refractivity contribution >= 4 is 27.2 Å². The summed E-state index contributed by atoms with van der Waals surface area (Å²) in [7, 11) is -3.56. The van der Waals surface area contributed by atoms with Gasteiger partial charge in [-0.3, -0.25) is 4.72 Å². The minimum atomic E-state index is -3.56. The molecule has 0 radical (unpaired) electrons. The maximum atomic E-state index is 11.7. The lowest BCUT2D eigenvalue weighted by Crippen LogP contribution is -2.12. The van der Waals surface area contributed by atoms with E-state index in [1.54, 1.807) is 18.4 Å². The average Bonchev–Trinajstić information content (AvgIpc) is 2.77. The molecule has 0 saturated heterocycles. The zero-order valence-electron chi connectivity index (χ0n) is 7.67. The first-order valence-corrected chi connectivity index (χ1v) is 6.31. The van der Waals surface area contributed by atoms with Gasteiger partial charge in [0.05, 0.1) is 0 Å². The summed E-state index contributed by atoms with van der Waals surface area (Å²) < 4.78 is 30.3. The molecule has 0 aromatic carbocycles. The van der Waals surface area contributed by atoms with Crippen molar-refractivity contribution < 1.29 is 13.0 Å². The molecule has 15 heavy (non-hydrogen) atoms. The van der Waals surface area contributed by atoms with Crippen LogP contribution in [0.25, 0.3) is 0 Å². The van der Waals surface area contributed by atoms with Gasteiger partial charge in [-0.05, 0) is 23.5 Å². The van der Waals surface area contributed by atoms with Crippen molar-refractivity contribution in [2.45, 2.75) is 11.1 Å². The van der Waals surface area contributed by atoms with E-state index in [0.717, 1.165) is 11.3 Å². The highest BCUT2D eigenvalue weighted by atomic mass is 32.2. The van der Waals surface area contributed by atoms with Crippen LogP contribution >= 0.6 is 11.3 Å². The lowest BCUT2D eigenvalue weighted by molar-refractivity contribution is 0.306. The molecule has 2 heterocycles. The molecule has 2 aromatic heterocycles. The third-order valence-corrected chi connectivity index (χ3v) is 4.38. The van der Waals surface area contributed by atoms with Crippen molar-refractivity contribution in [2.75, 3.05) is 4.72 Å². The van der Waals surface area contributed by atoms with Crippen LogP contribution in [-0.4, -0.2) is 18.7 Å². The Labute approximate surface area is 89.9 Å². The third kappa shape index (κ3) is 2.00. The van der Waals surface area contributed by atoms with Crippen LogP contribution in [0.3, 0.4) is 0 Å². The molecule has 0 atom stereocenters. The number of hydrogen-bond acceptors (Lipinski definition) is 6. The molecule has 0 aliphatic rings. The molecule has 0 bridgehead atoms. The molecule has 0 spiro atoms. The molecule has 0 fully saturated rings. The fourth-order valence-corrected chi connectivity index (χ4v) is 2.96. The molecule has 8 heteroatoms. The lowest BCUT2D eigenvalue weighted by atomic mass is 10.5. The van der Waals surface area contributed by atoms with E-state index in [1.165, 1.54) is 6.07 Å². The summed E-state index contributed by atoms with van der Waals surface area (Å²) in [4.78, 5) is 0. The van der Waals surface area contributed by atoms with E-state index in [1.807, 2.05) is 0 Å². The van der Waals surface area contributed by atoms with Gasteiger partial charge in [-0.25, -0.2) is 13.0 Å². The molecule has 2 aromatic rings. The summed E-state index contributed by atoms with van der Waals surface area (Å²) in [6, 6.07) is 3.17. The average molecular weight is 245 g/mol. The first-order valence-electron chi connectivity index (χ1n) is 3.95. The van der Waals surface area contributed by atoms with E-state index in [9.17, 15) is 8.42 Å². The molecule has 0 unspecified atom stereocenters. The Morgan fingerprint density at radius 1 is 1.47 bits per heavy atom. The summed E-state index contributed by atoms with van der Waals surface area (Å²) in [5.41, 5.74) is 0.398. The van der Waals surface area contributed by atoms with Crippen molar-refractivity contribution in [2.24, 2.45) is 0 Å². The van der Waals surface area contributed by atoms with Crippen molar-refractivity contribution in [1.29, 1.82) is 0 Å². The largest absolute Gasteiger partial charge is 0.272 e. The molecule has 0 saturated carbocycles. The summed E-state index contributed by atoms with van der Waals surface area (Å²) in [6.07, 6.45) is 0. The van der Waals surface area contributed by atoms with Crippen LogP contribution in [0.4, 0.5) is 5.82 Å². The predicted molar refractivity (Wildman–Crippen MR) is 54.2 cm³/mol. The van der Waals surface area contributed by atoms with Gasteiger partial charge in [0, 0.05) is 0 Å². The number of nitrogens with zero attached hydrogens (tertiary/aromatic N) is 2. The van der Waals surface area contributed by atoms with Gasteiger partial charge in [-0.2, -0.15) is 0 Å². The van der Waals surface area contributed by atoms with Gasteiger partial charge in [-0.15, -0.1) is 11.3 Å². The number of aryl methyl sites for hydroxylation is 1. The van der Waals surface area contributed by atoms with Gasteiger partial charge in [0.25, 0.3) is 10.0 Å². The SMILES string of the molecule is Cc1nonc1NS(=O)(=O)c1cccs1. The van der Waals surface area contributed by atoms with Crippen LogP contribution in [0.15, 0.2) is 26.4 Å². The van der Waals surface area contributed by atoms with E-state index in [2.05, 4.69) is 19.7 Å². The van der Waals surface area contributed by atoms with Gasteiger partial charge < -0.3 is 0 Å². The smallest absolute Gasteiger partial charge is 0.258 e. The Hall–Kier alpha value is -1.41. The van der Waals surface area contributed by atoms with Gasteiger partial charge in [0.2, 0.25) is 5.82 Å². The Bertz CT molecular complexity index is 544. The zero-order chi connectivity index (χ0) is 10.9. The highest BCUT2D eigenvalue weighted by Gasteiger charge is 2.18. The fraction of sp³-hybridized carbons (Fsp3) is 0.143. The number of sulfonamides is 1. The molecule has 6 nitrogen and oxygen atoms in total. The molecule has 1 N–H and O–H groups in total. The maximum absolute atomic E-state index is 11.7. The van der Waals surface area contributed by atoms with Gasteiger partial charge in [-0.1, -0.05) is 11.2 Å². The van der Waals surface area contributed by atoms with Crippen LogP contribution in [0.1, 0.15) is 5.69 Å². The van der Waals surface area contributed by atoms with Crippen LogP contribution in [0, 0.1) is 6.92 Å². The minimum Gasteiger partial charge on any atom is -0.258 e. The molecule has 0 amide bonds. The Balaban J connectivity index is 2.31. The number of thiophene rings is 1. The molecule has 2 rings (SSSR count). The summed E-state index contributed by atoms with van der Waals surface area (Å²) in [6.45, 7) is 1.60.